The van der Waals surface area contributed by atoms with Crippen LogP contribution in [0.2, 0.25) is 0 Å². The molecular formula is C20H24FN3O4. The minimum atomic E-state index is -0.523. The highest BCUT2D eigenvalue weighted by atomic mass is 19.1. The van der Waals surface area contributed by atoms with Crippen LogP contribution in [0.15, 0.2) is 22.7 Å². The van der Waals surface area contributed by atoms with E-state index < -0.39 is 5.82 Å². The fourth-order valence-corrected chi connectivity index (χ4v) is 4.39. The van der Waals surface area contributed by atoms with E-state index in [9.17, 15) is 9.18 Å². The van der Waals surface area contributed by atoms with E-state index in [4.69, 9.17) is 14.0 Å². The van der Waals surface area contributed by atoms with Gasteiger partial charge in [0.2, 0.25) is 5.89 Å². The summed E-state index contributed by atoms with van der Waals surface area (Å²) in [5.41, 5.74) is 0.355. The molecule has 0 N–H and O–H groups in total. The lowest BCUT2D eigenvalue weighted by Gasteiger charge is -2.38. The predicted octanol–water partition coefficient (Wildman–Crippen LogP) is 2.96. The molecule has 1 aromatic heterocycles. The van der Waals surface area contributed by atoms with E-state index in [0.29, 0.717) is 30.3 Å². The topological polar surface area (TPSA) is 77.7 Å². The van der Waals surface area contributed by atoms with Crippen LogP contribution in [0.4, 0.5) is 4.39 Å². The van der Waals surface area contributed by atoms with Crippen LogP contribution in [-0.2, 0) is 11.2 Å². The minimum absolute atomic E-state index is 0.107. The number of fused-ring (bicyclic) bond motifs is 2. The molecule has 3 heterocycles. The van der Waals surface area contributed by atoms with Crippen LogP contribution < -0.4 is 4.74 Å². The predicted molar refractivity (Wildman–Crippen MR) is 97.8 cm³/mol. The lowest BCUT2D eigenvalue weighted by Crippen LogP contribution is -2.46. The molecule has 2 aliphatic rings. The molecule has 28 heavy (non-hydrogen) atoms. The maximum absolute atomic E-state index is 14.0. The second-order valence-corrected chi connectivity index (χ2v) is 7.41. The number of amides is 1. The molecule has 2 fully saturated rings. The Morgan fingerprint density at radius 3 is 2.68 bits per heavy atom. The first-order chi connectivity index (χ1) is 13.6. The van der Waals surface area contributed by atoms with Gasteiger partial charge in [0, 0.05) is 37.1 Å². The van der Waals surface area contributed by atoms with Crippen LogP contribution in [0.3, 0.4) is 0 Å². The van der Waals surface area contributed by atoms with Crippen molar-refractivity contribution < 1.29 is 23.2 Å². The van der Waals surface area contributed by atoms with Crippen molar-refractivity contribution >= 4 is 5.91 Å². The number of benzene rings is 1. The fourth-order valence-electron chi connectivity index (χ4n) is 4.39. The SMILES string of the molecule is COCCc1noc(C2C[C@H]3CC[C@@H](C2)N3C(=O)c2ccc(OC)c(F)c2)n1. The third-order valence-electron chi connectivity index (χ3n) is 5.73. The van der Waals surface area contributed by atoms with Gasteiger partial charge in [-0.15, -0.1) is 0 Å². The van der Waals surface area contributed by atoms with Crippen molar-refractivity contribution in [1.29, 1.82) is 0 Å². The molecule has 0 radical (unpaired) electrons. The number of carbonyl (C=O) groups excluding carboxylic acids is 1. The second kappa shape index (κ2) is 7.87. The van der Waals surface area contributed by atoms with Crippen molar-refractivity contribution in [2.75, 3.05) is 20.8 Å². The summed E-state index contributed by atoms with van der Waals surface area (Å²) in [7, 11) is 3.04. The number of aromatic nitrogens is 2. The fraction of sp³-hybridized carbons (Fsp3) is 0.550. The van der Waals surface area contributed by atoms with Gasteiger partial charge in [-0.3, -0.25) is 4.79 Å². The first kappa shape index (κ1) is 18.9. The molecule has 2 saturated heterocycles. The Hall–Kier alpha value is -2.48. The van der Waals surface area contributed by atoms with Crippen molar-refractivity contribution in [2.24, 2.45) is 0 Å². The summed E-state index contributed by atoms with van der Waals surface area (Å²) in [6.07, 6.45) is 4.07. The lowest BCUT2D eigenvalue weighted by molar-refractivity contribution is 0.0554. The zero-order valence-electron chi connectivity index (χ0n) is 16.1. The number of carbonyl (C=O) groups is 1. The molecule has 1 amide bonds. The van der Waals surface area contributed by atoms with Gasteiger partial charge >= 0.3 is 0 Å². The summed E-state index contributed by atoms with van der Waals surface area (Å²) < 4.78 is 29.5. The Labute approximate surface area is 162 Å². The summed E-state index contributed by atoms with van der Waals surface area (Å²) in [5, 5.41) is 4.03. The normalized spacial score (nSPS) is 23.8. The molecule has 8 heteroatoms. The molecule has 2 aliphatic heterocycles. The van der Waals surface area contributed by atoms with Crippen LogP contribution in [0.25, 0.3) is 0 Å². The standard InChI is InChI=1S/C20H24FN3O4/c1-26-8-7-18-22-19(28-23-18)13-9-14-4-5-15(10-13)24(14)20(25)12-3-6-17(27-2)16(21)11-12/h3,6,11,13-15H,4-5,7-10H2,1-2H3/t13?,14-,15+. The average molecular weight is 389 g/mol. The highest BCUT2D eigenvalue weighted by molar-refractivity contribution is 5.95. The number of nitrogens with zero attached hydrogens (tertiary/aromatic N) is 3. The van der Waals surface area contributed by atoms with Crippen LogP contribution in [0, 0.1) is 5.82 Å². The van der Waals surface area contributed by atoms with Crippen molar-refractivity contribution in [3.8, 4) is 5.75 Å². The molecule has 0 aliphatic carbocycles. The van der Waals surface area contributed by atoms with Gasteiger partial charge in [0.1, 0.15) is 0 Å². The second-order valence-electron chi connectivity index (χ2n) is 7.41. The summed E-state index contributed by atoms with van der Waals surface area (Å²) in [5.74, 6) is 0.933. The Balaban J connectivity index is 1.47. The zero-order valence-corrected chi connectivity index (χ0v) is 16.1. The maximum atomic E-state index is 14.0. The number of hydrogen-bond acceptors (Lipinski definition) is 6. The summed E-state index contributed by atoms with van der Waals surface area (Å²) >= 11 is 0. The third kappa shape index (κ3) is 3.48. The van der Waals surface area contributed by atoms with Crippen molar-refractivity contribution in [1.82, 2.24) is 15.0 Å². The Morgan fingerprint density at radius 1 is 1.29 bits per heavy atom. The number of piperidine rings is 1. The van der Waals surface area contributed by atoms with Gasteiger partial charge in [-0.25, -0.2) is 4.39 Å². The number of ether oxygens (including phenoxy) is 2. The molecular weight excluding hydrogens is 365 g/mol. The Kier molecular flexibility index (Phi) is 5.30. The van der Waals surface area contributed by atoms with E-state index in [1.807, 2.05) is 4.90 Å². The van der Waals surface area contributed by atoms with E-state index in [2.05, 4.69) is 10.1 Å². The molecule has 4 rings (SSSR count). The average Bonchev–Trinajstić information content (AvgIpc) is 3.28. The molecule has 1 aromatic carbocycles. The highest BCUT2D eigenvalue weighted by Gasteiger charge is 2.45. The highest BCUT2D eigenvalue weighted by Crippen LogP contribution is 2.43. The van der Waals surface area contributed by atoms with Crippen molar-refractivity contribution in [3.05, 3.63) is 41.3 Å². The van der Waals surface area contributed by atoms with Gasteiger partial charge in [0.05, 0.1) is 13.7 Å². The Morgan fingerprint density at radius 2 is 2.04 bits per heavy atom. The number of halogens is 1. The first-order valence-electron chi connectivity index (χ1n) is 9.58. The van der Waals surface area contributed by atoms with Crippen molar-refractivity contribution in [3.63, 3.8) is 0 Å². The van der Waals surface area contributed by atoms with Crippen molar-refractivity contribution in [2.45, 2.75) is 50.1 Å². The molecule has 2 aromatic rings. The largest absolute Gasteiger partial charge is 0.494 e. The molecule has 2 bridgehead atoms. The van der Waals surface area contributed by atoms with Gasteiger partial charge in [-0.05, 0) is 43.9 Å². The summed E-state index contributed by atoms with van der Waals surface area (Å²) in [4.78, 5) is 19.4. The molecule has 3 atom stereocenters. The summed E-state index contributed by atoms with van der Waals surface area (Å²) in [6, 6.07) is 4.59. The van der Waals surface area contributed by atoms with E-state index in [1.165, 1.54) is 19.2 Å². The van der Waals surface area contributed by atoms with Crippen LogP contribution in [0.5, 0.6) is 5.75 Å². The van der Waals surface area contributed by atoms with Gasteiger partial charge in [0.15, 0.2) is 17.4 Å². The van der Waals surface area contributed by atoms with E-state index in [1.54, 1.807) is 13.2 Å². The van der Waals surface area contributed by atoms with Gasteiger partial charge in [0.25, 0.3) is 5.91 Å². The van der Waals surface area contributed by atoms with Gasteiger partial charge in [-0.1, -0.05) is 5.16 Å². The van der Waals surface area contributed by atoms with E-state index in [0.717, 1.165) is 25.7 Å². The van der Waals surface area contributed by atoms with Crippen LogP contribution in [-0.4, -0.2) is 53.9 Å². The number of rotatable bonds is 6. The van der Waals surface area contributed by atoms with E-state index >= 15 is 0 Å². The van der Waals surface area contributed by atoms with Gasteiger partial charge in [-0.2, -0.15) is 4.98 Å². The lowest BCUT2D eigenvalue weighted by atomic mass is 9.90. The monoisotopic (exact) mass is 389 g/mol. The molecule has 0 saturated carbocycles. The summed E-state index contributed by atoms with van der Waals surface area (Å²) in [6.45, 7) is 0.551. The van der Waals surface area contributed by atoms with Crippen LogP contribution in [0.1, 0.15) is 53.7 Å². The molecule has 150 valence electrons. The first-order valence-corrected chi connectivity index (χ1v) is 9.58. The molecule has 7 nitrogen and oxygen atoms in total. The Bertz CT molecular complexity index is 842. The van der Waals surface area contributed by atoms with E-state index in [-0.39, 0.29) is 29.7 Å². The zero-order chi connectivity index (χ0) is 19.7. The minimum Gasteiger partial charge on any atom is -0.494 e. The molecule has 1 unspecified atom stereocenters. The van der Waals surface area contributed by atoms with Crippen LogP contribution >= 0.6 is 0 Å². The number of methoxy groups -OCH3 is 2. The smallest absolute Gasteiger partial charge is 0.254 e. The third-order valence-corrected chi connectivity index (χ3v) is 5.73. The number of hydrogen-bond donors (Lipinski definition) is 0. The quantitative estimate of drug-likeness (QED) is 0.756. The molecule has 0 spiro atoms. The van der Waals surface area contributed by atoms with Gasteiger partial charge < -0.3 is 18.9 Å². The maximum Gasteiger partial charge on any atom is 0.254 e.